The monoisotopic (exact) mass is 550 g/mol. The molecule has 0 fully saturated rings. The van der Waals surface area contributed by atoms with E-state index in [9.17, 15) is 9.59 Å². The molecule has 1 heterocycles. The highest BCUT2D eigenvalue weighted by atomic mass is 32.2. The third-order valence-electron chi connectivity index (χ3n) is 5.94. The van der Waals surface area contributed by atoms with Crippen molar-refractivity contribution in [1.82, 2.24) is 15.0 Å². The molecule has 200 valence electrons. The second kappa shape index (κ2) is 12.8. The molecule has 0 aliphatic heterocycles. The predicted octanol–water partition coefficient (Wildman–Crippen LogP) is 5.22. The lowest BCUT2D eigenvalue weighted by atomic mass is 10.2. The zero-order valence-electron chi connectivity index (χ0n) is 21.7. The van der Waals surface area contributed by atoms with Gasteiger partial charge in [-0.2, -0.15) is 5.10 Å². The third kappa shape index (κ3) is 6.57. The molecule has 40 heavy (non-hydrogen) atoms. The number of hydrazone groups is 1. The first-order valence-corrected chi connectivity index (χ1v) is 13.5. The number of fused-ring (bicyclic) bond motifs is 1. The molecule has 8 nitrogen and oxygen atoms in total. The third-order valence-corrected chi connectivity index (χ3v) is 6.88. The number of nitrogens with one attached hydrogen (secondary N) is 1. The van der Waals surface area contributed by atoms with E-state index in [-0.39, 0.29) is 17.2 Å². The van der Waals surface area contributed by atoms with Crippen LogP contribution in [0.3, 0.4) is 0 Å². The van der Waals surface area contributed by atoms with Crippen LogP contribution in [0, 0.1) is 0 Å². The predicted molar refractivity (Wildman–Crippen MR) is 158 cm³/mol. The second-order valence-corrected chi connectivity index (χ2v) is 9.62. The van der Waals surface area contributed by atoms with Crippen LogP contribution < -0.4 is 20.5 Å². The van der Waals surface area contributed by atoms with Crippen molar-refractivity contribution < 1.29 is 14.3 Å². The Morgan fingerprint density at radius 2 is 1.62 bits per heavy atom. The maximum Gasteiger partial charge on any atom is 0.266 e. The van der Waals surface area contributed by atoms with Crippen molar-refractivity contribution >= 4 is 34.8 Å². The molecule has 0 atom stereocenters. The molecule has 5 aromatic rings. The number of carbonyl (C=O) groups excluding carboxylic acids is 1. The number of carbonyl (C=O) groups is 1. The summed E-state index contributed by atoms with van der Waals surface area (Å²) in [5.41, 5.74) is 5.41. The summed E-state index contributed by atoms with van der Waals surface area (Å²) in [5, 5.41) is 4.96. The average Bonchev–Trinajstić information content (AvgIpc) is 3.00. The molecule has 0 saturated heterocycles. The van der Waals surface area contributed by atoms with Gasteiger partial charge in [0.05, 0.1) is 35.7 Å². The molecule has 0 aliphatic carbocycles. The first-order valence-electron chi connectivity index (χ1n) is 12.5. The van der Waals surface area contributed by atoms with Crippen LogP contribution >= 0.6 is 11.8 Å². The van der Waals surface area contributed by atoms with Crippen molar-refractivity contribution in [2.24, 2.45) is 5.10 Å². The Balaban J connectivity index is 1.22. The highest BCUT2D eigenvalue weighted by Crippen LogP contribution is 2.23. The van der Waals surface area contributed by atoms with E-state index in [1.54, 1.807) is 55.8 Å². The van der Waals surface area contributed by atoms with E-state index < -0.39 is 0 Å². The molecule has 0 radical (unpaired) electrons. The number of hydrogen-bond donors (Lipinski definition) is 1. The number of thioether (sulfide) groups is 1. The maximum absolute atomic E-state index is 13.4. The molecule has 0 saturated carbocycles. The lowest BCUT2D eigenvalue weighted by Crippen LogP contribution is -2.24. The van der Waals surface area contributed by atoms with E-state index in [2.05, 4.69) is 15.5 Å². The number of nitrogens with zero attached hydrogens (tertiary/aromatic N) is 3. The summed E-state index contributed by atoms with van der Waals surface area (Å²) in [6, 6.07) is 31.6. The normalized spacial score (nSPS) is 11.0. The highest BCUT2D eigenvalue weighted by molar-refractivity contribution is 7.99. The lowest BCUT2D eigenvalue weighted by Gasteiger charge is -2.13. The van der Waals surface area contributed by atoms with Gasteiger partial charge >= 0.3 is 0 Å². The van der Waals surface area contributed by atoms with Gasteiger partial charge in [0.1, 0.15) is 18.1 Å². The van der Waals surface area contributed by atoms with Crippen LogP contribution in [0.2, 0.25) is 0 Å². The summed E-state index contributed by atoms with van der Waals surface area (Å²) in [4.78, 5) is 30.6. The van der Waals surface area contributed by atoms with Gasteiger partial charge < -0.3 is 9.47 Å². The number of amides is 1. The number of benzene rings is 4. The number of rotatable bonds is 10. The molecule has 0 unspecified atom stereocenters. The van der Waals surface area contributed by atoms with Crippen LogP contribution in [0.15, 0.2) is 118 Å². The molecular formula is C31H26N4O4S. The SMILES string of the molecule is COc1ccc(-n2c(SCC(=O)N/N=C/c3ccc(OCc4ccccc4)cc3)nc3ccccc3c2=O)cc1. The number of para-hydroxylation sites is 1. The van der Waals surface area contributed by atoms with Gasteiger partial charge in [0.2, 0.25) is 0 Å². The fourth-order valence-electron chi connectivity index (χ4n) is 3.90. The van der Waals surface area contributed by atoms with Gasteiger partial charge in [-0.3, -0.25) is 14.2 Å². The zero-order chi connectivity index (χ0) is 27.7. The minimum atomic E-state index is -0.326. The molecule has 1 N–H and O–H groups in total. The first kappa shape index (κ1) is 26.7. The van der Waals surface area contributed by atoms with Gasteiger partial charge in [-0.1, -0.05) is 54.2 Å². The topological polar surface area (TPSA) is 94.8 Å². The van der Waals surface area contributed by atoms with Gasteiger partial charge in [0.15, 0.2) is 5.16 Å². The van der Waals surface area contributed by atoms with Crippen LogP contribution in [-0.2, 0) is 11.4 Å². The van der Waals surface area contributed by atoms with E-state index in [0.29, 0.717) is 34.1 Å². The van der Waals surface area contributed by atoms with Crippen molar-refractivity contribution in [3.63, 3.8) is 0 Å². The quantitative estimate of drug-likeness (QED) is 0.111. The summed E-state index contributed by atoms with van der Waals surface area (Å²) in [6.45, 7) is 0.486. The molecule has 1 aromatic heterocycles. The zero-order valence-corrected chi connectivity index (χ0v) is 22.5. The van der Waals surface area contributed by atoms with E-state index in [4.69, 9.17) is 9.47 Å². The number of methoxy groups -OCH3 is 1. The van der Waals surface area contributed by atoms with Gasteiger partial charge in [-0.15, -0.1) is 0 Å². The van der Waals surface area contributed by atoms with Crippen molar-refractivity contribution in [2.75, 3.05) is 12.9 Å². The smallest absolute Gasteiger partial charge is 0.266 e. The van der Waals surface area contributed by atoms with Crippen LogP contribution in [-0.4, -0.2) is 34.5 Å². The maximum atomic E-state index is 13.4. The van der Waals surface area contributed by atoms with Crippen molar-refractivity contribution in [3.8, 4) is 17.2 Å². The molecule has 9 heteroatoms. The fourth-order valence-corrected chi connectivity index (χ4v) is 4.71. The van der Waals surface area contributed by atoms with Crippen LogP contribution in [0.1, 0.15) is 11.1 Å². The Labute approximate surface area is 235 Å². The van der Waals surface area contributed by atoms with Crippen LogP contribution in [0.5, 0.6) is 11.5 Å². The minimum absolute atomic E-state index is 0.0184. The molecule has 0 bridgehead atoms. The Morgan fingerprint density at radius 3 is 2.38 bits per heavy atom. The van der Waals surface area contributed by atoms with Crippen molar-refractivity contribution in [3.05, 3.63) is 125 Å². The lowest BCUT2D eigenvalue weighted by molar-refractivity contribution is -0.118. The van der Waals surface area contributed by atoms with Gasteiger partial charge in [-0.25, -0.2) is 10.4 Å². The van der Waals surface area contributed by atoms with Crippen LogP contribution in [0.4, 0.5) is 0 Å². The molecular weight excluding hydrogens is 524 g/mol. The molecule has 1 amide bonds. The highest BCUT2D eigenvalue weighted by Gasteiger charge is 2.15. The van der Waals surface area contributed by atoms with Crippen molar-refractivity contribution in [1.29, 1.82) is 0 Å². The van der Waals surface area contributed by atoms with Gasteiger partial charge in [0.25, 0.3) is 11.5 Å². The van der Waals surface area contributed by atoms with Gasteiger partial charge in [-0.05, 0) is 71.8 Å². The Hall–Kier alpha value is -4.89. The Morgan fingerprint density at radius 1 is 0.925 bits per heavy atom. The Bertz CT molecular complexity index is 1690. The minimum Gasteiger partial charge on any atom is -0.497 e. The average molecular weight is 551 g/mol. The second-order valence-electron chi connectivity index (χ2n) is 8.68. The molecule has 0 aliphatic rings. The standard InChI is InChI=1S/C31H26N4O4S/c1-38-25-17-13-24(14-18-25)35-30(37)27-9-5-6-10-28(27)33-31(35)40-21-29(36)34-32-19-22-11-15-26(16-12-22)39-20-23-7-3-2-4-8-23/h2-19H,20-21H2,1H3,(H,34,36)/b32-19+. The number of ether oxygens (including phenoxy) is 2. The largest absolute Gasteiger partial charge is 0.497 e. The van der Waals surface area contributed by atoms with Crippen LogP contribution in [0.25, 0.3) is 16.6 Å². The summed E-state index contributed by atoms with van der Waals surface area (Å²) in [5.74, 6) is 1.11. The fraction of sp³-hybridized carbons (Fsp3) is 0.0968. The number of hydrogen-bond acceptors (Lipinski definition) is 7. The van der Waals surface area contributed by atoms with E-state index in [0.717, 1.165) is 28.6 Å². The summed E-state index contributed by atoms with van der Waals surface area (Å²) < 4.78 is 12.5. The van der Waals surface area contributed by atoms with Gasteiger partial charge in [0, 0.05) is 0 Å². The van der Waals surface area contributed by atoms with E-state index in [1.165, 1.54) is 4.57 Å². The van der Waals surface area contributed by atoms with E-state index >= 15 is 0 Å². The number of aromatic nitrogens is 2. The molecule has 0 spiro atoms. The van der Waals surface area contributed by atoms with E-state index in [1.807, 2.05) is 60.7 Å². The summed E-state index contributed by atoms with van der Waals surface area (Å²) in [6.07, 6.45) is 1.56. The Kier molecular flexibility index (Phi) is 8.53. The molecule has 4 aromatic carbocycles. The summed E-state index contributed by atoms with van der Waals surface area (Å²) >= 11 is 1.16. The summed E-state index contributed by atoms with van der Waals surface area (Å²) in [7, 11) is 1.58. The van der Waals surface area contributed by atoms with Crippen molar-refractivity contribution in [2.45, 2.75) is 11.8 Å². The first-order chi connectivity index (χ1) is 19.6. The molecule has 5 rings (SSSR count).